The Morgan fingerprint density at radius 3 is 2.26 bits per heavy atom. The number of carbonyl (C=O) groups excluding carboxylic acids is 2. The van der Waals surface area contributed by atoms with E-state index in [2.05, 4.69) is 21.2 Å². The van der Waals surface area contributed by atoms with Crippen LogP contribution >= 0.6 is 27.5 Å². The maximum absolute atomic E-state index is 12.2. The molecule has 3 rings (SSSR count). The molecule has 0 saturated carbocycles. The summed E-state index contributed by atoms with van der Waals surface area (Å²) in [5.74, 6) is -1.68. The summed E-state index contributed by atoms with van der Waals surface area (Å²) in [5, 5.41) is 13.6. The number of carbonyl (C=O) groups is 2. The van der Waals surface area contributed by atoms with Gasteiger partial charge in [-0.05, 0) is 42.0 Å². The summed E-state index contributed by atoms with van der Waals surface area (Å²) in [6, 6.07) is 12.9. The molecule has 1 heterocycles. The van der Waals surface area contributed by atoms with E-state index in [9.17, 15) is 14.7 Å². The van der Waals surface area contributed by atoms with Gasteiger partial charge in [-0.15, -0.1) is 0 Å². The van der Waals surface area contributed by atoms with Gasteiger partial charge in [0.2, 0.25) is 0 Å². The van der Waals surface area contributed by atoms with E-state index in [1.807, 2.05) is 0 Å². The number of hydrogen-bond acceptors (Lipinski definition) is 3. The summed E-state index contributed by atoms with van der Waals surface area (Å²) >= 11 is 9.17. The van der Waals surface area contributed by atoms with Crippen molar-refractivity contribution < 1.29 is 14.7 Å². The average Bonchev–Trinajstić information content (AvgIpc) is 2.84. The lowest BCUT2D eigenvalue weighted by Crippen LogP contribution is -2.21. The minimum absolute atomic E-state index is 0.0413. The fraction of sp³-hybridized carbons (Fsp3) is 0.0588. The Hall–Kier alpha value is -2.11. The van der Waals surface area contributed by atoms with E-state index in [4.69, 9.17) is 11.6 Å². The second-order valence-electron chi connectivity index (χ2n) is 5.06. The second-order valence-corrected chi connectivity index (χ2v) is 6.41. The molecule has 1 fully saturated rings. The molecule has 1 saturated heterocycles. The molecule has 1 aliphatic rings. The van der Waals surface area contributed by atoms with Crippen LogP contribution in [0.4, 0.5) is 0 Å². The highest BCUT2D eigenvalue weighted by Gasteiger charge is 2.39. The zero-order valence-electron chi connectivity index (χ0n) is 11.7. The third kappa shape index (κ3) is 3.02. The second kappa shape index (κ2) is 6.18. The molecule has 0 unspecified atom stereocenters. The van der Waals surface area contributed by atoms with Crippen molar-refractivity contribution in [3.8, 4) is 0 Å². The van der Waals surface area contributed by atoms with Crippen LogP contribution in [-0.4, -0.2) is 16.8 Å². The van der Waals surface area contributed by atoms with E-state index in [1.54, 1.807) is 48.5 Å². The van der Waals surface area contributed by atoms with Crippen molar-refractivity contribution in [2.75, 3.05) is 0 Å². The number of nitrogens with one attached hydrogen (secondary N) is 1. The molecule has 2 N–H and O–H groups in total. The first-order chi connectivity index (χ1) is 11.0. The van der Waals surface area contributed by atoms with E-state index < -0.39 is 17.7 Å². The van der Waals surface area contributed by atoms with Gasteiger partial charge in [0.15, 0.2) is 0 Å². The van der Waals surface area contributed by atoms with Gasteiger partial charge >= 0.3 is 0 Å². The fourth-order valence-electron chi connectivity index (χ4n) is 2.43. The van der Waals surface area contributed by atoms with Gasteiger partial charge in [0, 0.05) is 15.1 Å². The molecule has 2 aromatic rings. The van der Waals surface area contributed by atoms with Crippen LogP contribution in [0.5, 0.6) is 0 Å². The smallest absolute Gasteiger partial charge is 0.293 e. The first kappa shape index (κ1) is 15.8. The number of rotatable bonds is 2. The van der Waals surface area contributed by atoms with Crippen LogP contribution < -0.4 is 5.32 Å². The summed E-state index contributed by atoms with van der Waals surface area (Å²) in [5.41, 5.74) is 1.18. The van der Waals surface area contributed by atoms with E-state index in [0.29, 0.717) is 16.1 Å². The maximum atomic E-state index is 12.2. The normalized spacial score (nSPS) is 19.7. The van der Waals surface area contributed by atoms with E-state index in [0.717, 1.165) is 4.47 Å². The number of Topliss-reactive ketones (excluding diaryl/α,β-unsaturated/α-hetero) is 1. The first-order valence-electron chi connectivity index (χ1n) is 6.77. The first-order valence-corrected chi connectivity index (χ1v) is 7.94. The number of aliphatic hydroxyl groups excluding tert-OH is 1. The van der Waals surface area contributed by atoms with Gasteiger partial charge in [-0.25, -0.2) is 0 Å². The van der Waals surface area contributed by atoms with Crippen molar-refractivity contribution in [3.63, 3.8) is 0 Å². The predicted octanol–water partition coefficient (Wildman–Crippen LogP) is 3.81. The number of halogens is 2. The summed E-state index contributed by atoms with van der Waals surface area (Å²) in [7, 11) is 0. The molecule has 0 aliphatic carbocycles. The molecule has 4 nitrogen and oxygen atoms in total. The Kier molecular flexibility index (Phi) is 4.24. The van der Waals surface area contributed by atoms with Crippen LogP contribution in [0.2, 0.25) is 5.02 Å². The zero-order valence-corrected chi connectivity index (χ0v) is 14.1. The van der Waals surface area contributed by atoms with Crippen molar-refractivity contribution >= 4 is 45.0 Å². The highest BCUT2D eigenvalue weighted by atomic mass is 79.9. The van der Waals surface area contributed by atoms with E-state index in [1.165, 1.54) is 0 Å². The zero-order chi connectivity index (χ0) is 16.6. The Labute approximate surface area is 145 Å². The number of aliphatic hydroxyl groups is 1. The van der Waals surface area contributed by atoms with Crippen molar-refractivity contribution in [1.29, 1.82) is 0 Å². The van der Waals surface area contributed by atoms with Crippen molar-refractivity contribution in [1.82, 2.24) is 5.32 Å². The highest BCUT2D eigenvalue weighted by molar-refractivity contribution is 9.10. The van der Waals surface area contributed by atoms with Gasteiger partial charge in [-0.3, -0.25) is 9.59 Å². The molecule has 116 valence electrons. The molecule has 23 heavy (non-hydrogen) atoms. The van der Waals surface area contributed by atoms with Gasteiger partial charge in [0.05, 0.1) is 11.6 Å². The van der Waals surface area contributed by atoms with Crippen LogP contribution in [0.15, 0.2) is 58.6 Å². The lowest BCUT2D eigenvalue weighted by Gasteiger charge is -2.13. The number of amides is 1. The van der Waals surface area contributed by atoms with Crippen molar-refractivity contribution in [2.24, 2.45) is 0 Å². The Balaban J connectivity index is 2.10. The van der Waals surface area contributed by atoms with E-state index in [-0.39, 0.29) is 11.3 Å². The molecular weight excluding hydrogens is 382 g/mol. The number of benzene rings is 2. The molecule has 0 radical (unpaired) electrons. The molecule has 0 aromatic heterocycles. The van der Waals surface area contributed by atoms with Crippen LogP contribution in [0, 0.1) is 0 Å². The minimum Gasteiger partial charge on any atom is -0.507 e. The molecular formula is C17H11BrClNO3. The lowest BCUT2D eigenvalue weighted by atomic mass is 9.96. The summed E-state index contributed by atoms with van der Waals surface area (Å²) in [6.07, 6.45) is 0. The Morgan fingerprint density at radius 1 is 1.04 bits per heavy atom. The van der Waals surface area contributed by atoms with Crippen LogP contribution in [-0.2, 0) is 9.59 Å². The monoisotopic (exact) mass is 391 g/mol. The van der Waals surface area contributed by atoms with Gasteiger partial charge in [-0.2, -0.15) is 0 Å². The van der Waals surface area contributed by atoms with Crippen LogP contribution in [0.1, 0.15) is 17.2 Å². The van der Waals surface area contributed by atoms with Gasteiger partial charge in [0.25, 0.3) is 11.7 Å². The highest BCUT2D eigenvalue weighted by Crippen LogP contribution is 2.33. The molecule has 2 aromatic carbocycles. The topological polar surface area (TPSA) is 66.4 Å². The molecule has 6 heteroatoms. The Bertz CT molecular complexity index is 813. The quantitative estimate of drug-likeness (QED) is 0.464. The molecule has 0 bridgehead atoms. The third-order valence-electron chi connectivity index (χ3n) is 3.59. The van der Waals surface area contributed by atoms with Crippen molar-refractivity contribution in [3.05, 3.63) is 74.7 Å². The summed E-state index contributed by atoms with van der Waals surface area (Å²) in [4.78, 5) is 24.0. The van der Waals surface area contributed by atoms with Gasteiger partial charge in [0.1, 0.15) is 5.76 Å². The number of hydrogen-bond donors (Lipinski definition) is 2. The van der Waals surface area contributed by atoms with Gasteiger partial charge in [-0.1, -0.05) is 39.7 Å². The standard InChI is InChI=1S/C17H11BrClNO3/c18-11-5-1-9(2-6-11)14-13(16(22)17(23)20-14)15(21)10-3-7-12(19)8-4-10/h1-8,14,21H,(H,20,23)/b15-13+/t14-/m0/s1. The largest absolute Gasteiger partial charge is 0.507 e. The fourth-order valence-corrected chi connectivity index (χ4v) is 2.83. The van der Waals surface area contributed by atoms with Crippen molar-refractivity contribution in [2.45, 2.75) is 6.04 Å². The third-order valence-corrected chi connectivity index (χ3v) is 4.37. The minimum atomic E-state index is -0.731. The van der Waals surface area contributed by atoms with E-state index >= 15 is 0 Å². The van der Waals surface area contributed by atoms with Crippen LogP contribution in [0.25, 0.3) is 5.76 Å². The maximum Gasteiger partial charge on any atom is 0.293 e. The molecule has 1 atom stereocenters. The molecule has 0 spiro atoms. The summed E-state index contributed by atoms with van der Waals surface area (Å²) < 4.78 is 0.879. The summed E-state index contributed by atoms with van der Waals surface area (Å²) in [6.45, 7) is 0. The lowest BCUT2D eigenvalue weighted by molar-refractivity contribution is -0.133. The Morgan fingerprint density at radius 2 is 1.65 bits per heavy atom. The van der Waals surface area contributed by atoms with Crippen LogP contribution in [0.3, 0.4) is 0 Å². The number of ketones is 1. The average molecular weight is 393 g/mol. The SMILES string of the molecule is O=C1N[C@@H](c2ccc(Br)cc2)/C(=C(\O)c2ccc(Cl)cc2)C1=O. The van der Waals surface area contributed by atoms with Gasteiger partial charge < -0.3 is 10.4 Å². The predicted molar refractivity (Wildman–Crippen MR) is 91.0 cm³/mol. The molecule has 1 aliphatic heterocycles. The molecule has 1 amide bonds.